The molecule has 2 fully saturated rings. The predicted octanol–water partition coefficient (Wildman–Crippen LogP) is 2.58. The zero-order valence-electron chi connectivity index (χ0n) is 20.1. The maximum absolute atomic E-state index is 11.9. The fourth-order valence-corrected chi connectivity index (χ4v) is 4.57. The Morgan fingerprint density at radius 3 is 2.17 bits per heavy atom. The van der Waals surface area contributed by atoms with E-state index < -0.39 is 0 Å². The van der Waals surface area contributed by atoms with Crippen LogP contribution in [0.5, 0.6) is 0 Å². The van der Waals surface area contributed by atoms with Gasteiger partial charge in [-0.05, 0) is 12.5 Å². The van der Waals surface area contributed by atoms with Crippen molar-refractivity contribution >= 4 is 30.0 Å². The number of carbonyl (C=O) groups is 2. The summed E-state index contributed by atoms with van der Waals surface area (Å²) >= 11 is 0. The highest BCUT2D eigenvalue weighted by molar-refractivity contribution is 6.01. The number of nitrogens with zero attached hydrogens (tertiary/aromatic N) is 7. The van der Waals surface area contributed by atoms with E-state index in [1.807, 2.05) is 42.2 Å². The van der Waals surface area contributed by atoms with E-state index in [2.05, 4.69) is 31.8 Å². The number of imide groups is 1. The van der Waals surface area contributed by atoms with Gasteiger partial charge in [-0.2, -0.15) is 5.10 Å². The Hall–Kier alpha value is -3.30. The Labute approximate surface area is 211 Å². The van der Waals surface area contributed by atoms with Gasteiger partial charge in [-0.15, -0.1) is 12.4 Å². The molecule has 2 aliphatic rings. The van der Waals surface area contributed by atoms with Gasteiger partial charge in [0.15, 0.2) is 5.82 Å². The summed E-state index contributed by atoms with van der Waals surface area (Å²) in [6, 6.07) is 7.91. The largest absolute Gasteiger partial charge is 0.352 e. The number of piperazine rings is 1. The van der Waals surface area contributed by atoms with Gasteiger partial charge in [0.2, 0.25) is 11.8 Å². The van der Waals surface area contributed by atoms with E-state index in [4.69, 9.17) is 0 Å². The van der Waals surface area contributed by atoms with Gasteiger partial charge in [0, 0.05) is 81.8 Å². The van der Waals surface area contributed by atoms with Crippen LogP contribution in [0.3, 0.4) is 0 Å². The fourth-order valence-electron chi connectivity index (χ4n) is 4.57. The lowest BCUT2D eigenvalue weighted by Gasteiger charge is -2.35. The molecule has 2 aromatic heterocycles. The second-order valence-corrected chi connectivity index (χ2v) is 8.94. The minimum absolute atomic E-state index is 0. The first-order valence-corrected chi connectivity index (χ1v) is 11.7. The molecule has 1 aromatic carbocycles. The van der Waals surface area contributed by atoms with Gasteiger partial charge >= 0.3 is 0 Å². The molecule has 0 N–H and O–H groups in total. The molecule has 2 amide bonds. The van der Waals surface area contributed by atoms with Gasteiger partial charge in [-0.1, -0.05) is 24.3 Å². The van der Waals surface area contributed by atoms with Crippen LogP contribution in [0.15, 0.2) is 42.9 Å². The number of aryl methyl sites for hydroxylation is 1. The average Bonchev–Trinajstić information content (AvgIpc) is 3.35. The van der Waals surface area contributed by atoms with Crippen molar-refractivity contribution in [1.82, 2.24) is 29.5 Å². The van der Waals surface area contributed by atoms with Crippen LogP contribution in [0, 0.1) is 6.92 Å². The molecule has 2 saturated heterocycles. The summed E-state index contributed by atoms with van der Waals surface area (Å²) in [6.07, 6.45) is 6.05. The first-order chi connectivity index (χ1) is 16.5. The standard InChI is InChI=1S/C25H29N7O2.ClH/c1-18-21(15-28-29(18)2)17-30-11-13-31(14-12-30)25-24(26-9-10-27-25)20-5-3-19(4-6-20)16-32-22(33)7-8-23(32)34;/h3-6,9-10,15H,7-8,11-14,16-17H2,1-2H3;1H. The number of anilines is 1. The van der Waals surface area contributed by atoms with Gasteiger partial charge in [0.1, 0.15) is 5.69 Å². The van der Waals surface area contributed by atoms with Gasteiger partial charge in [-0.25, -0.2) is 4.98 Å². The number of halogens is 1. The number of hydrogen-bond acceptors (Lipinski definition) is 7. The number of amides is 2. The smallest absolute Gasteiger partial charge is 0.229 e. The van der Waals surface area contributed by atoms with E-state index in [1.165, 1.54) is 16.2 Å². The summed E-state index contributed by atoms with van der Waals surface area (Å²) in [5.74, 6) is 0.698. The lowest BCUT2D eigenvalue weighted by molar-refractivity contribution is -0.139. The number of hydrogen-bond donors (Lipinski definition) is 0. The highest BCUT2D eigenvalue weighted by Gasteiger charge is 2.28. The van der Waals surface area contributed by atoms with Gasteiger partial charge in [-0.3, -0.25) is 29.1 Å². The Bertz CT molecular complexity index is 1190. The van der Waals surface area contributed by atoms with Crippen LogP contribution >= 0.6 is 12.4 Å². The Kier molecular flexibility index (Phi) is 7.47. The van der Waals surface area contributed by atoms with Crippen LogP contribution < -0.4 is 4.90 Å². The first kappa shape index (κ1) is 24.8. The fraction of sp³-hybridized carbons (Fsp3) is 0.400. The third-order valence-corrected chi connectivity index (χ3v) is 6.80. The van der Waals surface area contributed by atoms with Crippen molar-refractivity contribution in [2.24, 2.45) is 7.05 Å². The van der Waals surface area contributed by atoms with Gasteiger partial charge in [0.25, 0.3) is 0 Å². The lowest BCUT2D eigenvalue weighted by atomic mass is 10.1. The van der Waals surface area contributed by atoms with Crippen LogP contribution in [0.1, 0.15) is 29.7 Å². The summed E-state index contributed by atoms with van der Waals surface area (Å²) in [4.78, 5) is 39.2. The molecule has 10 heteroatoms. The molecule has 0 saturated carbocycles. The predicted molar refractivity (Wildman–Crippen MR) is 135 cm³/mol. The lowest BCUT2D eigenvalue weighted by Crippen LogP contribution is -2.46. The summed E-state index contributed by atoms with van der Waals surface area (Å²) < 4.78 is 1.92. The van der Waals surface area contributed by atoms with Crippen molar-refractivity contribution in [3.63, 3.8) is 0 Å². The third-order valence-electron chi connectivity index (χ3n) is 6.80. The number of rotatable bonds is 6. The minimum Gasteiger partial charge on any atom is -0.352 e. The normalized spacial score (nSPS) is 16.6. The molecule has 0 spiro atoms. The second kappa shape index (κ2) is 10.5. The maximum Gasteiger partial charge on any atom is 0.229 e. The van der Waals surface area contributed by atoms with E-state index in [9.17, 15) is 9.59 Å². The Balaban J connectivity index is 0.00000289. The highest BCUT2D eigenvalue weighted by atomic mass is 35.5. The molecule has 0 radical (unpaired) electrons. The quantitative estimate of drug-likeness (QED) is 0.486. The van der Waals surface area contributed by atoms with Gasteiger partial charge < -0.3 is 4.90 Å². The second-order valence-electron chi connectivity index (χ2n) is 8.94. The van der Waals surface area contributed by atoms with Crippen molar-refractivity contribution in [1.29, 1.82) is 0 Å². The van der Waals surface area contributed by atoms with E-state index >= 15 is 0 Å². The van der Waals surface area contributed by atoms with E-state index in [1.54, 1.807) is 12.4 Å². The minimum atomic E-state index is -0.0943. The maximum atomic E-state index is 11.9. The van der Waals surface area contributed by atoms with E-state index in [-0.39, 0.29) is 24.2 Å². The van der Waals surface area contributed by atoms with Crippen LogP contribution in [0.25, 0.3) is 11.3 Å². The summed E-state index contributed by atoms with van der Waals surface area (Å²) in [5, 5.41) is 4.36. The van der Waals surface area contributed by atoms with Gasteiger partial charge in [0.05, 0.1) is 12.7 Å². The number of aromatic nitrogens is 4. The van der Waals surface area contributed by atoms with Crippen molar-refractivity contribution in [3.05, 3.63) is 59.7 Å². The molecule has 5 rings (SSSR count). The van der Waals surface area contributed by atoms with Crippen molar-refractivity contribution in [2.75, 3.05) is 31.1 Å². The Morgan fingerprint density at radius 2 is 1.54 bits per heavy atom. The van der Waals surface area contributed by atoms with Crippen LogP contribution in [-0.4, -0.2) is 67.5 Å². The van der Waals surface area contributed by atoms with Crippen molar-refractivity contribution < 1.29 is 9.59 Å². The number of benzene rings is 1. The number of carbonyl (C=O) groups excluding carboxylic acids is 2. The zero-order chi connectivity index (χ0) is 23.7. The third kappa shape index (κ3) is 5.21. The first-order valence-electron chi connectivity index (χ1n) is 11.7. The number of likely N-dealkylation sites (tertiary alicyclic amines) is 1. The average molecular weight is 496 g/mol. The molecule has 184 valence electrons. The molecule has 0 atom stereocenters. The molecule has 0 bridgehead atoms. The molecule has 4 heterocycles. The SMILES string of the molecule is Cc1c(CN2CCN(c3nccnc3-c3ccc(CN4C(=O)CCC4=O)cc3)CC2)cnn1C.Cl. The summed E-state index contributed by atoms with van der Waals surface area (Å²) in [5.41, 5.74) is 5.23. The summed E-state index contributed by atoms with van der Waals surface area (Å²) in [7, 11) is 1.98. The molecule has 2 aliphatic heterocycles. The molecular formula is C25H30ClN7O2. The molecule has 0 aliphatic carbocycles. The summed E-state index contributed by atoms with van der Waals surface area (Å²) in [6.45, 7) is 6.98. The Morgan fingerprint density at radius 1 is 0.886 bits per heavy atom. The van der Waals surface area contributed by atoms with Crippen LogP contribution in [-0.2, 0) is 29.7 Å². The van der Waals surface area contributed by atoms with Crippen LogP contribution in [0.4, 0.5) is 5.82 Å². The topological polar surface area (TPSA) is 87.5 Å². The van der Waals surface area contributed by atoms with E-state index in [0.29, 0.717) is 19.4 Å². The molecule has 3 aromatic rings. The van der Waals surface area contributed by atoms with Crippen molar-refractivity contribution in [3.8, 4) is 11.3 Å². The molecule has 35 heavy (non-hydrogen) atoms. The molecule has 0 unspecified atom stereocenters. The zero-order valence-corrected chi connectivity index (χ0v) is 20.9. The highest BCUT2D eigenvalue weighted by Crippen LogP contribution is 2.28. The van der Waals surface area contributed by atoms with Crippen molar-refractivity contribution in [2.45, 2.75) is 32.9 Å². The molecular weight excluding hydrogens is 466 g/mol. The monoisotopic (exact) mass is 495 g/mol. The van der Waals surface area contributed by atoms with E-state index in [0.717, 1.165) is 55.4 Å². The molecule has 9 nitrogen and oxygen atoms in total. The van der Waals surface area contributed by atoms with Crippen LogP contribution in [0.2, 0.25) is 0 Å².